The van der Waals surface area contributed by atoms with Gasteiger partial charge in [0.15, 0.2) is 5.69 Å². The third-order valence-corrected chi connectivity index (χ3v) is 8.01. The van der Waals surface area contributed by atoms with E-state index in [0.717, 1.165) is 17.6 Å². The molecule has 3 aliphatic heterocycles. The van der Waals surface area contributed by atoms with Gasteiger partial charge < -0.3 is 23.8 Å². The highest BCUT2D eigenvalue weighted by Crippen LogP contribution is 2.44. The number of rotatable bonds is 4. The summed E-state index contributed by atoms with van der Waals surface area (Å²) >= 11 is 1.53. The van der Waals surface area contributed by atoms with Crippen LogP contribution in [0.4, 0.5) is 9.18 Å². The van der Waals surface area contributed by atoms with Crippen LogP contribution < -0.4 is 15.3 Å². The topological polar surface area (TPSA) is 112 Å². The minimum Gasteiger partial charge on any atom is -0.449 e. The number of benzene rings is 2. The second-order valence-corrected chi connectivity index (χ2v) is 9.92. The zero-order chi connectivity index (χ0) is 27.1. The average molecular weight is 555 g/mol. The summed E-state index contributed by atoms with van der Waals surface area (Å²) in [6.07, 6.45) is -0.352. The third-order valence-electron chi connectivity index (χ3n) is 6.89. The molecular formula is C26H23FN4O7S. The Hall–Kier alpha value is -4.10. The summed E-state index contributed by atoms with van der Waals surface area (Å²) in [6, 6.07) is 12.2. The molecule has 2 aromatic carbocycles. The fraction of sp³-hybridized carbons (Fsp3) is 0.308. The van der Waals surface area contributed by atoms with Gasteiger partial charge in [-0.1, -0.05) is 30.3 Å². The first-order valence-electron chi connectivity index (χ1n) is 12.1. The SMILES string of the molecule is COC(=O)OCOc1c2n(cnc1=O)N([C@@H]1c3ccccc3SCc3c(F)cccc31)[C@@H]1COCCN1C2=O. The first kappa shape index (κ1) is 25.2. The Morgan fingerprint density at radius 2 is 2.00 bits per heavy atom. The number of ether oxygens (including phenoxy) is 4. The number of morpholine rings is 1. The van der Waals surface area contributed by atoms with Crippen LogP contribution in [0.1, 0.15) is 33.2 Å². The first-order chi connectivity index (χ1) is 19.0. The Labute approximate surface area is 226 Å². The molecule has 1 fully saturated rings. The molecule has 2 atom stereocenters. The summed E-state index contributed by atoms with van der Waals surface area (Å²) in [4.78, 5) is 44.6. The van der Waals surface area contributed by atoms with E-state index in [-0.39, 0.29) is 30.4 Å². The fourth-order valence-corrected chi connectivity index (χ4v) is 6.30. The monoisotopic (exact) mass is 554 g/mol. The van der Waals surface area contributed by atoms with Gasteiger partial charge in [0.1, 0.15) is 18.3 Å². The van der Waals surface area contributed by atoms with Crippen molar-refractivity contribution in [3.63, 3.8) is 0 Å². The molecule has 0 aliphatic carbocycles. The van der Waals surface area contributed by atoms with Crippen LogP contribution in [0.15, 0.2) is 58.5 Å². The number of carbonyl (C=O) groups is 2. The van der Waals surface area contributed by atoms with Gasteiger partial charge in [-0.2, -0.15) is 4.98 Å². The van der Waals surface area contributed by atoms with Crippen LogP contribution in [0, 0.1) is 5.82 Å². The lowest BCUT2D eigenvalue weighted by Gasteiger charge is -2.51. The summed E-state index contributed by atoms with van der Waals surface area (Å²) in [5.41, 5.74) is 1.26. The van der Waals surface area contributed by atoms with Crippen LogP contribution in [0.3, 0.4) is 0 Å². The van der Waals surface area contributed by atoms with Crippen molar-refractivity contribution in [2.45, 2.75) is 22.9 Å². The Morgan fingerprint density at radius 3 is 2.85 bits per heavy atom. The zero-order valence-electron chi connectivity index (χ0n) is 20.7. The van der Waals surface area contributed by atoms with Gasteiger partial charge >= 0.3 is 11.7 Å². The van der Waals surface area contributed by atoms with E-state index in [4.69, 9.17) is 14.2 Å². The van der Waals surface area contributed by atoms with Crippen LogP contribution in [-0.4, -0.2) is 66.4 Å². The molecule has 1 saturated heterocycles. The molecule has 3 aromatic rings. The number of thioether (sulfide) groups is 1. The first-order valence-corrected chi connectivity index (χ1v) is 13.1. The highest BCUT2D eigenvalue weighted by atomic mass is 32.2. The molecule has 39 heavy (non-hydrogen) atoms. The van der Waals surface area contributed by atoms with Crippen molar-refractivity contribution in [2.75, 3.05) is 38.7 Å². The number of hydrogen-bond acceptors (Lipinski definition) is 10. The van der Waals surface area contributed by atoms with Crippen molar-refractivity contribution in [1.29, 1.82) is 0 Å². The molecule has 0 bridgehead atoms. The fourth-order valence-electron chi connectivity index (χ4n) is 5.17. The number of methoxy groups -OCH3 is 1. The third kappa shape index (κ3) is 4.27. The number of aromatic nitrogens is 2. The summed E-state index contributed by atoms with van der Waals surface area (Å²) < 4.78 is 37.2. The highest BCUT2D eigenvalue weighted by molar-refractivity contribution is 7.98. The van der Waals surface area contributed by atoms with Crippen LogP contribution in [0.25, 0.3) is 0 Å². The summed E-state index contributed by atoms with van der Waals surface area (Å²) in [6.45, 7) is 0.0654. The molecule has 0 radical (unpaired) electrons. The van der Waals surface area contributed by atoms with Crippen LogP contribution in [0.5, 0.6) is 5.75 Å². The van der Waals surface area contributed by atoms with E-state index in [1.807, 2.05) is 35.3 Å². The van der Waals surface area contributed by atoms with E-state index < -0.39 is 36.6 Å². The molecule has 11 nitrogen and oxygen atoms in total. The maximum Gasteiger partial charge on any atom is 0.510 e. The van der Waals surface area contributed by atoms with Gasteiger partial charge in [0.2, 0.25) is 12.5 Å². The lowest BCUT2D eigenvalue weighted by Crippen LogP contribution is -2.66. The molecule has 0 N–H and O–H groups in total. The standard InChI is InChI=1S/C26H23FN4O7S/c1-35-26(34)38-14-37-23-22-25(33)29-9-10-36-11-20(29)31(30(22)13-28-24(23)32)21-15-6-4-7-18(27)17(15)12-39-19-8-3-2-5-16(19)21/h2-8,13,20-21H,9-12,14H2,1H3/t20-,21+/m1/s1. The van der Waals surface area contributed by atoms with E-state index in [9.17, 15) is 14.4 Å². The maximum atomic E-state index is 15.2. The van der Waals surface area contributed by atoms with Gasteiger partial charge in [-0.25, -0.2) is 13.9 Å². The molecule has 1 amide bonds. The van der Waals surface area contributed by atoms with Gasteiger partial charge in [0.25, 0.3) is 5.91 Å². The van der Waals surface area contributed by atoms with Crippen molar-refractivity contribution < 1.29 is 32.9 Å². The van der Waals surface area contributed by atoms with Crippen LogP contribution in [0.2, 0.25) is 0 Å². The lowest BCUT2D eigenvalue weighted by atomic mass is 9.93. The molecule has 4 heterocycles. The second kappa shape index (κ2) is 10.2. The van der Waals surface area contributed by atoms with Gasteiger partial charge in [-0.15, -0.1) is 11.8 Å². The largest absolute Gasteiger partial charge is 0.510 e. The van der Waals surface area contributed by atoms with E-state index in [2.05, 4.69) is 9.72 Å². The Morgan fingerprint density at radius 1 is 1.18 bits per heavy atom. The van der Waals surface area contributed by atoms with E-state index >= 15 is 4.39 Å². The van der Waals surface area contributed by atoms with Crippen molar-refractivity contribution in [3.05, 3.63) is 87.3 Å². The van der Waals surface area contributed by atoms with Crippen molar-refractivity contribution in [1.82, 2.24) is 14.6 Å². The quantitative estimate of drug-likeness (QED) is 0.352. The second-order valence-electron chi connectivity index (χ2n) is 8.90. The normalized spacial score (nSPS) is 19.7. The number of nitrogens with zero attached hydrogens (tertiary/aromatic N) is 4. The predicted octanol–water partition coefficient (Wildman–Crippen LogP) is 2.65. The molecule has 13 heteroatoms. The minimum atomic E-state index is -1.01. The Kier molecular flexibility index (Phi) is 6.61. The Balaban J connectivity index is 1.57. The predicted molar refractivity (Wildman–Crippen MR) is 136 cm³/mol. The number of hydrogen-bond donors (Lipinski definition) is 0. The number of fused-ring (bicyclic) bond motifs is 4. The smallest absolute Gasteiger partial charge is 0.449 e. The van der Waals surface area contributed by atoms with Gasteiger partial charge in [0.05, 0.1) is 26.4 Å². The summed E-state index contributed by atoms with van der Waals surface area (Å²) in [7, 11) is 1.13. The van der Waals surface area contributed by atoms with E-state index in [1.165, 1.54) is 28.8 Å². The van der Waals surface area contributed by atoms with Gasteiger partial charge in [0, 0.05) is 22.8 Å². The van der Waals surface area contributed by atoms with E-state index in [1.54, 1.807) is 11.0 Å². The highest BCUT2D eigenvalue weighted by Gasteiger charge is 2.46. The van der Waals surface area contributed by atoms with E-state index in [0.29, 0.717) is 23.5 Å². The molecule has 0 spiro atoms. The van der Waals surface area contributed by atoms with Crippen LogP contribution >= 0.6 is 11.8 Å². The Bertz CT molecular complexity index is 1520. The molecule has 0 unspecified atom stereocenters. The van der Waals surface area contributed by atoms with Crippen molar-refractivity contribution in [2.24, 2.45) is 0 Å². The molecular weight excluding hydrogens is 531 g/mol. The summed E-state index contributed by atoms with van der Waals surface area (Å²) in [5.74, 6) is -0.758. The summed E-state index contributed by atoms with van der Waals surface area (Å²) in [5, 5.41) is 1.87. The molecule has 6 rings (SSSR count). The number of carbonyl (C=O) groups excluding carboxylic acids is 2. The average Bonchev–Trinajstić information content (AvgIpc) is 3.12. The van der Waals surface area contributed by atoms with Crippen molar-refractivity contribution in [3.8, 4) is 5.75 Å². The maximum absolute atomic E-state index is 15.2. The number of amides is 1. The zero-order valence-corrected chi connectivity index (χ0v) is 21.6. The van der Waals surface area contributed by atoms with Gasteiger partial charge in [-0.05, 0) is 23.3 Å². The minimum absolute atomic E-state index is 0.0889. The van der Waals surface area contributed by atoms with Crippen molar-refractivity contribution >= 4 is 23.8 Å². The van der Waals surface area contributed by atoms with Crippen LogP contribution in [-0.2, 0) is 20.0 Å². The molecule has 202 valence electrons. The molecule has 0 saturated carbocycles. The van der Waals surface area contributed by atoms with Gasteiger partial charge in [-0.3, -0.25) is 14.6 Å². The number of halogens is 1. The lowest BCUT2D eigenvalue weighted by molar-refractivity contribution is -0.0212. The molecule has 1 aromatic heterocycles. The molecule has 3 aliphatic rings.